The zero-order valence-corrected chi connectivity index (χ0v) is 8.78. The van der Waals surface area contributed by atoms with Crippen molar-refractivity contribution in [3.8, 4) is 6.07 Å². The number of rotatable bonds is 1. The number of nitriles is 1. The molecule has 0 unspecified atom stereocenters. The van der Waals surface area contributed by atoms with Gasteiger partial charge in [-0.05, 0) is 12.1 Å². The standard InChI is InChI=1S/C9H4BrF4N/c10-6-1-2-7(11)5(3-4-15)8(6)9(12,13)14/h1-2H,3H2. The molecule has 0 radical (unpaired) electrons. The van der Waals surface area contributed by atoms with Gasteiger partial charge in [0.05, 0.1) is 18.1 Å². The Hall–Kier alpha value is -1.09. The SMILES string of the molecule is N#CCc1c(F)ccc(Br)c1C(F)(F)F. The highest BCUT2D eigenvalue weighted by molar-refractivity contribution is 9.10. The Kier molecular flexibility index (Phi) is 3.35. The molecule has 1 aromatic rings. The fourth-order valence-corrected chi connectivity index (χ4v) is 1.75. The van der Waals surface area contributed by atoms with Gasteiger partial charge in [0.25, 0.3) is 0 Å². The predicted molar refractivity (Wildman–Crippen MR) is 48.4 cm³/mol. The lowest BCUT2D eigenvalue weighted by atomic mass is 10.0. The molecule has 0 aliphatic carbocycles. The summed E-state index contributed by atoms with van der Waals surface area (Å²) in [5.74, 6) is -1.02. The maximum atomic E-state index is 13.1. The number of hydrogen-bond donors (Lipinski definition) is 0. The third kappa shape index (κ3) is 2.48. The first-order valence-corrected chi connectivity index (χ1v) is 4.58. The van der Waals surface area contributed by atoms with Crippen LogP contribution < -0.4 is 0 Å². The van der Waals surface area contributed by atoms with E-state index in [-0.39, 0.29) is 4.47 Å². The number of alkyl halides is 3. The number of halogens is 5. The average Bonchev–Trinajstić information content (AvgIpc) is 2.09. The molecule has 6 heteroatoms. The molecule has 0 aliphatic heterocycles. The largest absolute Gasteiger partial charge is 0.417 e. The van der Waals surface area contributed by atoms with Gasteiger partial charge in [-0.1, -0.05) is 15.9 Å². The molecule has 1 aromatic carbocycles. The van der Waals surface area contributed by atoms with Crippen molar-refractivity contribution in [1.29, 1.82) is 5.26 Å². The van der Waals surface area contributed by atoms with Crippen molar-refractivity contribution in [2.24, 2.45) is 0 Å². The van der Waals surface area contributed by atoms with Crippen molar-refractivity contribution >= 4 is 15.9 Å². The quantitative estimate of drug-likeness (QED) is 0.721. The van der Waals surface area contributed by atoms with Crippen LogP contribution in [0.5, 0.6) is 0 Å². The van der Waals surface area contributed by atoms with Crippen molar-refractivity contribution in [3.63, 3.8) is 0 Å². The molecule has 1 rings (SSSR count). The first-order valence-electron chi connectivity index (χ1n) is 3.79. The summed E-state index contributed by atoms with van der Waals surface area (Å²) in [5, 5.41) is 8.33. The molecule has 0 aromatic heterocycles. The molecule has 0 atom stereocenters. The van der Waals surface area contributed by atoms with Gasteiger partial charge in [-0.25, -0.2) is 4.39 Å². The minimum absolute atomic E-state index is 0.262. The summed E-state index contributed by atoms with van der Waals surface area (Å²) < 4.78 is 50.3. The van der Waals surface area contributed by atoms with Gasteiger partial charge in [-0.3, -0.25) is 0 Å². The van der Waals surface area contributed by atoms with E-state index in [4.69, 9.17) is 5.26 Å². The lowest BCUT2D eigenvalue weighted by Gasteiger charge is -2.13. The molecular weight excluding hydrogens is 278 g/mol. The zero-order chi connectivity index (χ0) is 11.6. The summed E-state index contributed by atoms with van der Waals surface area (Å²) in [6.45, 7) is 0. The lowest BCUT2D eigenvalue weighted by molar-refractivity contribution is -0.138. The molecule has 1 nitrogen and oxygen atoms in total. The van der Waals surface area contributed by atoms with Crippen LogP contribution in [0.2, 0.25) is 0 Å². The van der Waals surface area contributed by atoms with Gasteiger partial charge < -0.3 is 0 Å². The summed E-state index contributed by atoms with van der Waals surface area (Å²) in [5.41, 5.74) is -1.75. The summed E-state index contributed by atoms with van der Waals surface area (Å²) in [6.07, 6.45) is -5.28. The van der Waals surface area contributed by atoms with Crippen LogP contribution in [-0.2, 0) is 12.6 Å². The molecule has 0 amide bonds. The highest BCUT2D eigenvalue weighted by atomic mass is 79.9. The lowest BCUT2D eigenvalue weighted by Crippen LogP contribution is -2.11. The Morgan fingerprint density at radius 3 is 2.40 bits per heavy atom. The third-order valence-corrected chi connectivity index (χ3v) is 2.41. The molecule has 15 heavy (non-hydrogen) atoms. The summed E-state index contributed by atoms with van der Waals surface area (Å²) in [4.78, 5) is 0. The van der Waals surface area contributed by atoms with Gasteiger partial charge in [0.2, 0.25) is 0 Å². The van der Waals surface area contributed by atoms with E-state index in [1.54, 1.807) is 0 Å². The number of benzene rings is 1. The van der Waals surface area contributed by atoms with E-state index < -0.39 is 29.5 Å². The van der Waals surface area contributed by atoms with Crippen LogP contribution in [0, 0.1) is 17.1 Å². The van der Waals surface area contributed by atoms with Crippen molar-refractivity contribution in [2.45, 2.75) is 12.6 Å². The van der Waals surface area contributed by atoms with Crippen molar-refractivity contribution < 1.29 is 17.6 Å². The molecule has 0 saturated heterocycles. The van der Waals surface area contributed by atoms with Gasteiger partial charge in [0.1, 0.15) is 5.82 Å². The van der Waals surface area contributed by atoms with Crippen LogP contribution in [0.25, 0.3) is 0 Å². The van der Waals surface area contributed by atoms with Gasteiger partial charge in [0.15, 0.2) is 0 Å². The van der Waals surface area contributed by atoms with Crippen LogP contribution in [-0.4, -0.2) is 0 Å². The molecule has 80 valence electrons. The van der Waals surface area contributed by atoms with Crippen molar-refractivity contribution in [1.82, 2.24) is 0 Å². The van der Waals surface area contributed by atoms with Gasteiger partial charge in [-0.15, -0.1) is 0 Å². The van der Waals surface area contributed by atoms with Gasteiger partial charge in [-0.2, -0.15) is 18.4 Å². The van der Waals surface area contributed by atoms with E-state index >= 15 is 0 Å². The molecule has 0 aliphatic rings. The van der Waals surface area contributed by atoms with Crippen molar-refractivity contribution in [3.05, 3.63) is 33.5 Å². The van der Waals surface area contributed by atoms with E-state index in [9.17, 15) is 17.6 Å². The number of nitrogens with zero attached hydrogens (tertiary/aromatic N) is 1. The molecule has 0 N–H and O–H groups in total. The van der Waals surface area contributed by atoms with E-state index in [0.29, 0.717) is 0 Å². The molecule has 0 fully saturated rings. The minimum Gasteiger partial charge on any atom is -0.207 e. The first kappa shape index (κ1) is 12.0. The van der Waals surface area contributed by atoms with Gasteiger partial charge in [0, 0.05) is 10.0 Å². The van der Waals surface area contributed by atoms with E-state index in [2.05, 4.69) is 15.9 Å². The second kappa shape index (κ2) is 4.19. The van der Waals surface area contributed by atoms with Crippen molar-refractivity contribution in [2.75, 3.05) is 0 Å². The van der Waals surface area contributed by atoms with Crippen LogP contribution in [0.3, 0.4) is 0 Å². The fourth-order valence-electron chi connectivity index (χ4n) is 1.15. The molecule has 0 saturated carbocycles. The van der Waals surface area contributed by atoms with Crippen LogP contribution in [0.1, 0.15) is 11.1 Å². The Labute approximate surface area is 91.4 Å². The molecule has 0 bridgehead atoms. The Bertz CT molecular complexity index is 419. The fraction of sp³-hybridized carbons (Fsp3) is 0.222. The highest BCUT2D eigenvalue weighted by Gasteiger charge is 2.36. The second-order valence-electron chi connectivity index (χ2n) is 2.72. The maximum absolute atomic E-state index is 13.1. The van der Waals surface area contributed by atoms with Crippen LogP contribution in [0.4, 0.5) is 17.6 Å². The monoisotopic (exact) mass is 281 g/mol. The molecular formula is C9H4BrF4N. The van der Waals surface area contributed by atoms with E-state index in [0.717, 1.165) is 12.1 Å². The van der Waals surface area contributed by atoms with E-state index in [1.807, 2.05) is 0 Å². The van der Waals surface area contributed by atoms with Crippen LogP contribution in [0.15, 0.2) is 16.6 Å². The first-order chi connectivity index (χ1) is 6.88. The summed E-state index contributed by atoms with van der Waals surface area (Å²) in [7, 11) is 0. The normalized spacial score (nSPS) is 11.2. The topological polar surface area (TPSA) is 23.8 Å². The maximum Gasteiger partial charge on any atom is 0.417 e. The Morgan fingerprint density at radius 2 is 1.93 bits per heavy atom. The summed E-state index contributed by atoms with van der Waals surface area (Å²) >= 11 is 2.69. The van der Waals surface area contributed by atoms with E-state index in [1.165, 1.54) is 6.07 Å². The zero-order valence-electron chi connectivity index (χ0n) is 7.20. The minimum atomic E-state index is -4.67. The third-order valence-electron chi connectivity index (χ3n) is 1.74. The molecule has 0 spiro atoms. The summed E-state index contributed by atoms with van der Waals surface area (Å²) in [6, 6.07) is 3.37. The van der Waals surface area contributed by atoms with Gasteiger partial charge >= 0.3 is 6.18 Å². The smallest absolute Gasteiger partial charge is 0.207 e. The second-order valence-corrected chi connectivity index (χ2v) is 3.57. The Balaban J connectivity index is 3.47. The predicted octanol–water partition coefficient (Wildman–Crippen LogP) is 3.67. The highest BCUT2D eigenvalue weighted by Crippen LogP contribution is 2.38. The average molecular weight is 282 g/mol. The number of hydrogen-bond acceptors (Lipinski definition) is 1. The van der Waals surface area contributed by atoms with Crippen LogP contribution >= 0.6 is 15.9 Å². The molecule has 0 heterocycles. The Morgan fingerprint density at radius 1 is 1.33 bits per heavy atom.